The Labute approximate surface area is 199 Å². The largest absolute Gasteiger partial charge is 0.493 e. The summed E-state index contributed by atoms with van der Waals surface area (Å²) >= 11 is 3.42. The molecule has 0 aliphatic heterocycles. The summed E-state index contributed by atoms with van der Waals surface area (Å²) in [5, 5.41) is 15.9. The monoisotopic (exact) mass is 511 g/mol. The Balaban J connectivity index is 1.69. The summed E-state index contributed by atoms with van der Waals surface area (Å²) in [6.45, 7) is 2.05. The molecule has 170 valence electrons. The Bertz CT molecular complexity index is 1200. The number of hydrogen-bond acceptors (Lipinski definition) is 5. The predicted molar refractivity (Wildman–Crippen MR) is 129 cm³/mol. The fourth-order valence-corrected chi connectivity index (χ4v) is 3.19. The van der Waals surface area contributed by atoms with Crippen LogP contribution in [0.1, 0.15) is 27.0 Å². The van der Waals surface area contributed by atoms with Gasteiger partial charge in [0.1, 0.15) is 6.61 Å². The SMILES string of the molecule is COc1cccc(/C=N/NC(=O)Nc2ccc(Br)c(C)c2)c1OCc1cccc(C(=O)O)c1. The van der Waals surface area contributed by atoms with Crippen molar-refractivity contribution in [3.8, 4) is 11.5 Å². The number of amides is 2. The van der Waals surface area contributed by atoms with Crippen LogP contribution in [-0.4, -0.2) is 30.4 Å². The second-order valence-electron chi connectivity index (χ2n) is 6.96. The lowest BCUT2D eigenvalue weighted by Gasteiger charge is -2.13. The number of hydrogen-bond donors (Lipinski definition) is 3. The molecule has 0 unspecified atom stereocenters. The molecule has 0 heterocycles. The van der Waals surface area contributed by atoms with Gasteiger partial charge in [-0.05, 0) is 60.5 Å². The number of nitrogens with one attached hydrogen (secondary N) is 2. The maximum atomic E-state index is 12.2. The number of halogens is 1. The number of carboxylic acids is 1. The Hall–Kier alpha value is -3.85. The van der Waals surface area contributed by atoms with Crippen LogP contribution in [0.4, 0.5) is 10.5 Å². The number of aromatic carboxylic acids is 1. The number of urea groups is 1. The average Bonchev–Trinajstić information content (AvgIpc) is 2.80. The minimum atomic E-state index is -1.01. The molecule has 0 atom stereocenters. The third-order valence-corrected chi connectivity index (χ3v) is 5.46. The van der Waals surface area contributed by atoms with Gasteiger partial charge in [-0.25, -0.2) is 15.0 Å². The topological polar surface area (TPSA) is 109 Å². The van der Waals surface area contributed by atoms with Crippen LogP contribution in [0, 0.1) is 6.92 Å². The molecular formula is C24H22BrN3O5. The van der Waals surface area contributed by atoms with Crippen molar-refractivity contribution in [3.05, 3.63) is 87.4 Å². The fourth-order valence-electron chi connectivity index (χ4n) is 2.94. The molecule has 0 aliphatic rings. The zero-order valence-corrected chi connectivity index (χ0v) is 19.5. The van der Waals surface area contributed by atoms with Gasteiger partial charge >= 0.3 is 12.0 Å². The summed E-state index contributed by atoms with van der Waals surface area (Å²) in [5.74, 6) is -0.122. The lowest BCUT2D eigenvalue weighted by Crippen LogP contribution is -2.24. The highest BCUT2D eigenvalue weighted by Crippen LogP contribution is 2.31. The van der Waals surface area contributed by atoms with Gasteiger partial charge in [-0.15, -0.1) is 0 Å². The molecule has 33 heavy (non-hydrogen) atoms. The summed E-state index contributed by atoms with van der Waals surface area (Å²) < 4.78 is 12.2. The van der Waals surface area contributed by atoms with Crippen molar-refractivity contribution in [3.63, 3.8) is 0 Å². The number of hydrazone groups is 1. The Morgan fingerprint density at radius 1 is 1.12 bits per heavy atom. The van der Waals surface area contributed by atoms with Gasteiger partial charge in [0.25, 0.3) is 0 Å². The Morgan fingerprint density at radius 2 is 1.91 bits per heavy atom. The van der Waals surface area contributed by atoms with Crippen LogP contribution in [0.25, 0.3) is 0 Å². The van der Waals surface area contributed by atoms with E-state index in [1.54, 1.807) is 42.5 Å². The zero-order chi connectivity index (χ0) is 23.8. The third-order valence-electron chi connectivity index (χ3n) is 4.57. The second-order valence-corrected chi connectivity index (χ2v) is 7.82. The minimum absolute atomic E-state index is 0.124. The number of aryl methyl sites for hydroxylation is 1. The van der Waals surface area contributed by atoms with Gasteiger partial charge in [-0.1, -0.05) is 34.1 Å². The maximum Gasteiger partial charge on any atom is 0.339 e. The fraction of sp³-hybridized carbons (Fsp3) is 0.125. The van der Waals surface area contributed by atoms with Gasteiger partial charge in [-0.2, -0.15) is 5.10 Å². The first-order valence-electron chi connectivity index (χ1n) is 9.85. The number of carboxylic acid groups (broad SMARTS) is 1. The van der Waals surface area contributed by atoms with E-state index in [9.17, 15) is 9.59 Å². The molecule has 3 rings (SSSR count). The molecular weight excluding hydrogens is 490 g/mol. The molecule has 0 aliphatic carbocycles. The van der Waals surface area contributed by atoms with E-state index in [-0.39, 0.29) is 12.2 Å². The van der Waals surface area contributed by atoms with Crippen molar-refractivity contribution in [1.82, 2.24) is 5.43 Å². The van der Waals surface area contributed by atoms with E-state index in [2.05, 4.69) is 31.8 Å². The highest BCUT2D eigenvalue weighted by Gasteiger charge is 2.11. The Morgan fingerprint density at radius 3 is 2.64 bits per heavy atom. The van der Waals surface area contributed by atoms with Crippen LogP contribution < -0.4 is 20.2 Å². The van der Waals surface area contributed by atoms with E-state index in [0.29, 0.717) is 28.3 Å². The van der Waals surface area contributed by atoms with E-state index >= 15 is 0 Å². The molecule has 3 aromatic carbocycles. The first kappa shape index (κ1) is 23.8. The average molecular weight is 512 g/mol. The summed E-state index contributed by atoms with van der Waals surface area (Å²) in [7, 11) is 1.51. The van der Waals surface area contributed by atoms with E-state index in [0.717, 1.165) is 10.0 Å². The number of anilines is 1. The number of rotatable bonds is 8. The van der Waals surface area contributed by atoms with Crippen LogP contribution in [-0.2, 0) is 6.61 Å². The van der Waals surface area contributed by atoms with Gasteiger partial charge in [0.05, 0.1) is 18.9 Å². The summed E-state index contributed by atoms with van der Waals surface area (Å²) in [5.41, 5.74) is 5.48. The van der Waals surface area contributed by atoms with E-state index in [1.807, 2.05) is 19.1 Å². The molecule has 3 N–H and O–H groups in total. The molecule has 0 radical (unpaired) electrons. The predicted octanol–water partition coefficient (Wildman–Crippen LogP) is 5.20. The molecule has 0 aromatic heterocycles. The number of benzene rings is 3. The lowest BCUT2D eigenvalue weighted by molar-refractivity contribution is 0.0696. The highest BCUT2D eigenvalue weighted by atomic mass is 79.9. The molecule has 0 spiro atoms. The van der Waals surface area contributed by atoms with Crippen molar-refractivity contribution in [2.24, 2.45) is 5.10 Å². The minimum Gasteiger partial charge on any atom is -0.493 e. The summed E-state index contributed by atoms with van der Waals surface area (Å²) in [6, 6.07) is 16.7. The van der Waals surface area contributed by atoms with Crippen molar-refractivity contribution >= 4 is 39.8 Å². The molecule has 8 nitrogen and oxygen atoms in total. The molecule has 0 bridgehead atoms. The highest BCUT2D eigenvalue weighted by molar-refractivity contribution is 9.10. The summed E-state index contributed by atoms with van der Waals surface area (Å²) in [6.07, 6.45) is 1.44. The first-order chi connectivity index (χ1) is 15.9. The van der Waals surface area contributed by atoms with Crippen molar-refractivity contribution in [1.29, 1.82) is 0 Å². The quantitative estimate of drug-likeness (QED) is 0.284. The molecule has 3 aromatic rings. The normalized spacial score (nSPS) is 10.6. The van der Waals surface area contributed by atoms with Gasteiger partial charge in [-0.3, -0.25) is 0 Å². The number of ether oxygens (including phenoxy) is 2. The molecule has 2 amide bonds. The van der Waals surface area contributed by atoms with Crippen molar-refractivity contribution < 1.29 is 24.2 Å². The van der Waals surface area contributed by atoms with Crippen LogP contribution in [0.5, 0.6) is 11.5 Å². The van der Waals surface area contributed by atoms with E-state index in [4.69, 9.17) is 14.6 Å². The van der Waals surface area contributed by atoms with Crippen LogP contribution in [0.2, 0.25) is 0 Å². The maximum absolute atomic E-state index is 12.2. The Kier molecular flexibility index (Phi) is 8.04. The second kappa shape index (κ2) is 11.1. The van der Waals surface area contributed by atoms with Gasteiger partial charge in [0, 0.05) is 15.7 Å². The summed E-state index contributed by atoms with van der Waals surface area (Å²) in [4.78, 5) is 23.3. The third kappa shape index (κ3) is 6.56. The smallest absolute Gasteiger partial charge is 0.339 e. The van der Waals surface area contributed by atoms with Gasteiger partial charge < -0.3 is 19.9 Å². The molecule has 9 heteroatoms. The standard InChI is InChI=1S/C24H22BrN3O5/c1-15-11-19(9-10-20(15)25)27-24(31)28-26-13-18-7-4-8-21(32-2)22(18)33-14-16-5-3-6-17(12-16)23(29)30/h3-13H,14H2,1-2H3,(H,29,30)(H2,27,28,31)/b26-13+. The number of nitrogens with zero attached hydrogens (tertiary/aromatic N) is 1. The number of para-hydroxylation sites is 1. The van der Waals surface area contributed by atoms with E-state index < -0.39 is 12.0 Å². The number of carbonyl (C=O) groups is 2. The lowest BCUT2D eigenvalue weighted by atomic mass is 10.1. The molecule has 0 saturated carbocycles. The van der Waals surface area contributed by atoms with Crippen molar-refractivity contribution in [2.75, 3.05) is 12.4 Å². The van der Waals surface area contributed by atoms with Crippen LogP contribution in [0.3, 0.4) is 0 Å². The van der Waals surface area contributed by atoms with Crippen molar-refractivity contribution in [2.45, 2.75) is 13.5 Å². The number of methoxy groups -OCH3 is 1. The van der Waals surface area contributed by atoms with Crippen LogP contribution >= 0.6 is 15.9 Å². The van der Waals surface area contributed by atoms with E-state index in [1.165, 1.54) is 19.4 Å². The zero-order valence-electron chi connectivity index (χ0n) is 18.0. The molecule has 0 fully saturated rings. The van der Waals surface area contributed by atoms with Gasteiger partial charge in [0.15, 0.2) is 11.5 Å². The van der Waals surface area contributed by atoms with Crippen LogP contribution in [0.15, 0.2) is 70.2 Å². The number of carbonyl (C=O) groups excluding carboxylic acids is 1. The molecule has 0 saturated heterocycles. The van der Waals surface area contributed by atoms with Gasteiger partial charge in [0.2, 0.25) is 0 Å². The first-order valence-corrected chi connectivity index (χ1v) is 10.6.